The predicted molar refractivity (Wildman–Crippen MR) is 164 cm³/mol. The molecule has 0 aliphatic carbocycles. The molecule has 0 aliphatic heterocycles. The third-order valence-electron chi connectivity index (χ3n) is 5.97. The van der Waals surface area contributed by atoms with E-state index < -0.39 is 20.2 Å². The summed E-state index contributed by atoms with van der Waals surface area (Å²) >= 11 is 1.58. The summed E-state index contributed by atoms with van der Waals surface area (Å²) < 4.78 is 77.4. The molecule has 0 saturated heterocycles. The van der Waals surface area contributed by atoms with Crippen LogP contribution in [0.5, 0.6) is 28.7 Å². The van der Waals surface area contributed by atoms with Gasteiger partial charge in [0.15, 0.2) is 23.0 Å². The van der Waals surface area contributed by atoms with Crippen LogP contribution in [0.1, 0.15) is 5.56 Å². The molecule has 4 aromatic rings. The summed E-state index contributed by atoms with van der Waals surface area (Å²) in [5.41, 5.74) is 2.66. The standard InChI is InChI=1S/C30H30O9S3/c1-35-27-18-24(21-11-14-23(40-3)15-12-21)29(36-2)30(39-42(5,33)34)28(27)22-13-16-25(26(17-22)38-41(4,31)32)37-19-20-9-7-6-8-10-20/h6-18H,19H2,1-5H3. The van der Waals surface area contributed by atoms with Crippen LogP contribution in [0.25, 0.3) is 22.3 Å². The second-order valence-corrected chi connectivity index (χ2v) is 13.1. The Bertz CT molecular complexity index is 1770. The Kier molecular flexibility index (Phi) is 9.60. The number of thioether (sulfide) groups is 1. The lowest BCUT2D eigenvalue weighted by Gasteiger charge is -2.21. The quantitative estimate of drug-likeness (QED) is 0.136. The van der Waals surface area contributed by atoms with E-state index in [-0.39, 0.29) is 40.9 Å². The van der Waals surface area contributed by atoms with Crippen LogP contribution in [0.3, 0.4) is 0 Å². The molecular weight excluding hydrogens is 601 g/mol. The van der Waals surface area contributed by atoms with Gasteiger partial charge in [0, 0.05) is 10.5 Å². The molecule has 0 aliphatic rings. The van der Waals surface area contributed by atoms with Crippen molar-refractivity contribution < 1.29 is 39.4 Å². The first kappa shape index (κ1) is 31.1. The van der Waals surface area contributed by atoms with Crippen molar-refractivity contribution in [2.24, 2.45) is 0 Å². The van der Waals surface area contributed by atoms with Crippen LogP contribution in [-0.2, 0) is 26.8 Å². The fraction of sp³-hybridized carbons (Fsp3) is 0.200. The highest BCUT2D eigenvalue weighted by atomic mass is 32.2. The fourth-order valence-electron chi connectivity index (χ4n) is 4.22. The van der Waals surface area contributed by atoms with Gasteiger partial charge in [-0.1, -0.05) is 48.5 Å². The lowest BCUT2D eigenvalue weighted by molar-refractivity contribution is 0.296. The van der Waals surface area contributed by atoms with Crippen LogP contribution in [-0.4, -0.2) is 49.8 Å². The van der Waals surface area contributed by atoms with Crippen molar-refractivity contribution in [2.45, 2.75) is 11.5 Å². The van der Waals surface area contributed by atoms with E-state index in [0.29, 0.717) is 11.1 Å². The Morgan fingerprint density at radius 3 is 1.88 bits per heavy atom. The Morgan fingerprint density at radius 1 is 0.667 bits per heavy atom. The van der Waals surface area contributed by atoms with E-state index in [4.69, 9.17) is 22.6 Å². The van der Waals surface area contributed by atoms with Gasteiger partial charge in [0.05, 0.1) is 32.3 Å². The zero-order chi connectivity index (χ0) is 30.5. The first-order valence-corrected chi connectivity index (χ1v) is 17.3. The van der Waals surface area contributed by atoms with Crippen molar-refractivity contribution in [2.75, 3.05) is 33.0 Å². The minimum absolute atomic E-state index is 0.103. The van der Waals surface area contributed by atoms with E-state index in [1.54, 1.807) is 23.9 Å². The minimum Gasteiger partial charge on any atom is -0.496 e. The normalized spacial score (nSPS) is 11.5. The molecule has 42 heavy (non-hydrogen) atoms. The molecule has 12 heteroatoms. The van der Waals surface area contributed by atoms with Gasteiger partial charge >= 0.3 is 20.2 Å². The molecule has 0 amide bonds. The molecule has 0 atom stereocenters. The van der Waals surface area contributed by atoms with Crippen LogP contribution in [0.15, 0.2) is 83.8 Å². The minimum atomic E-state index is -4.05. The molecule has 222 valence electrons. The zero-order valence-corrected chi connectivity index (χ0v) is 26.1. The van der Waals surface area contributed by atoms with Gasteiger partial charge in [-0.25, -0.2) is 0 Å². The van der Waals surface area contributed by atoms with Crippen molar-refractivity contribution in [1.82, 2.24) is 0 Å². The van der Waals surface area contributed by atoms with Crippen molar-refractivity contribution in [3.8, 4) is 51.0 Å². The van der Waals surface area contributed by atoms with E-state index in [1.807, 2.05) is 60.9 Å². The number of hydrogen-bond acceptors (Lipinski definition) is 10. The highest BCUT2D eigenvalue weighted by molar-refractivity contribution is 7.98. The lowest BCUT2D eigenvalue weighted by atomic mass is 9.96. The summed E-state index contributed by atoms with van der Waals surface area (Å²) in [5.74, 6) is 0.320. The van der Waals surface area contributed by atoms with Gasteiger partial charge in [-0.2, -0.15) is 16.8 Å². The van der Waals surface area contributed by atoms with Gasteiger partial charge in [0.1, 0.15) is 12.4 Å². The molecule has 0 aromatic heterocycles. The van der Waals surface area contributed by atoms with Crippen molar-refractivity contribution in [3.63, 3.8) is 0 Å². The Morgan fingerprint density at radius 2 is 1.31 bits per heavy atom. The lowest BCUT2D eigenvalue weighted by Crippen LogP contribution is -2.10. The summed E-state index contributed by atoms with van der Waals surface area (Å²) in [6, 6.07) is 23.2. The van der Waals surface area contributed by atoms with E-state index in [9.17, 15) is 16.8 Å². The molecule has 0 N–H and O–H groups in total. The maximum absolute atomic E-state index is 12.5. The van der Waals surface area contributed by atoms with Crippen LogP contribution >= 0.6 is 11.8 Å². The van der Waals surface area contributed by atoms with Gasteiger partial charge in [-0.3, -0.25) is 0 Å². The van der Waals surface area contributed by atoms with Crippen molar-refractivity contribution >= 4 is 32.0 Å². The smallest absolute Gasteiger partial charge is 0.306 e. The van der Waals surface area contributed by atoms with Crippen molar-refractivity contribution in [3.05, 3.63) is 84.4 Å². The van der Waals surface area contributed by atoms with Crippen molar-refractivity contribution in [1.29, 1.82) is 0 Å². The third-order valence-corrected chi connectivity index (χ3v) is 7.67. The average Bonchev–Trinajstić information content (AvgIpc) is 2.95. The maximum Gasteiger partial charge on any atom is 0.306 e. The number of methoxy groups -OCH3 is 2. The van der Waals surface area contributed by atoms with E-state index in [2.05, 4.69) is 0 Å². The molecule has 4 rings (SSSR count). The summed E-state index contributed by atoms with van der Waals surface area (Å²) in [6.45, 7) is 0.157. The molecule has 0 heterocycles. The van der Waals surface area contributed by atoms with E-state index in [1.165, 1.54) is 26.4 Å². The van der Waals surface area contributed by atoms with Crippen LogP contribution < -0.4 is 22.6 Å². The van der Waals surface area contributed by atoms with Gasteiger partial charge < -0.3 is 22.6 Å². The number of ether oxygens (including phenoxy) is 3. The van der Waals surface area contributed by atoms with Gasteiger partial charge in [0.25, 0.3) is 0 Å². The first-order valence-electron chi connectivity index (χ1n) is 12.5. The number of benzene rings is 4. The van der Waals surface area contributed by atoms with E-state index in [0.717, 1.165) is 28.5 Å². The maximum atomic E-state index is 12.5. The highest BCUT2D eigenvalue weighted by Crippen LogP contribution is 2.51. The molecule has 9 nitrogen and oxygen atoms in total. The fourth-order valence-corrected chi connectivity index (χ4v) is 5.54. The van der Waals surface area contributed by atoms with Gasteiger partial charge in [-0.15, -0.1) is 11.8 Å². The van der Waals surface area contributed by atoms with Gasteiger partial charge in [-0.05, 0) is 53.3 Å². The van der Waals surface area contributed by atoms with Crippen LogP contribution in [0, 0.1) is 0 Å². The second-order valence-electron chi connectivity index (χ2n) is 9.10. The Hall–Kier alpha value is -3.87. The van der Waals surface area contributed by atoms with Crippen LogP contribution in [0.4, 0.5) is 0 Å². The largest absolute Gasteiger partial charge is 0.496 e. The highest BCUT2D eigenvalue weighted by Gasteiger charge is 2.27. The Balaban J connectivity index is 1.93. The first-order chi connectivity index (χ1) is 19.9. The Labute approximate surface area is 250 Å². The molecule has 0 unspecified atom stereocenters. The zero-order valence-electron chi connectivity index (χ0n) is 23.6. The SMILES string of the molecule is COc1cc(-c2ccc(SC)cc2)c(OC)c(OS(C)(=O)=O)c1-c1ccc(OCc2ccccc2)c(OS(C)(=O)=O)c1. The van der Waals surface area contributed by atoms with Gasteiger partial charge in [0.2, 0.25) is 0 Å². The molecule has 0 bridgehead atoms. The predicted octanol–water partition coefficient (Wildman–Crippen LogP) is 6.02. The molecule has 0 radical (unpaired) electrons. The number of hydrogen-bond donors (Lipinski definition) is 0. The monoisotopic (exact) mass is 630 g/mol. The molecule has 0 fully saturated rings. The summed E-state index contributed by atoms with van der Waals surface area (Å²) in [7, 11) is -5.18. The summed E-state index contributed by atoms with van der Waals surface area (Å²) in [6.07, 6.45) is 3.80. The second kappa shape index (κ2) is 13.0. The molecule has 0 spiro atoms. The van der Waals surface area contributed by atoms with E-state index >= 15 is 0 Å². The van der Waals surface area contributed by atoms with Crippen LogP contribution in [0.2, 0.25) is 0 Å². The summed E-state index contributed by atoms with van der Waals surface area (Å²) in [5, 5.41) is 0. The topological polar surface area (TPSA) is 114 Å². The summed E-state index contributed by atoms with van der Waals surface area (Å²) in [4.78, 5) is 1.04. The molecular formula is C30H30O9S3. The number of rotatable bonds is 12. The third kappa shape index (κ3) is 7.69. The molecule has 0 saturated carbocycles. The molecule has 4 aromatic carbocycles. The average molecular weight is 631 g/mol.